The van der Waals surface area contributed by atoms with Gasteiger partial charge in [-0.15, -0.1) is 0 Å². The maximum Gasteiger partial charge on any atom is 0.413 e. The first-order valence-electron chi connectivity index (χ1n) is 7.27. The van der Waals surface area contributed by atoms with Crippen LogP contribution in [0.3, 0.4) is 0 Å². The van der Waals surface area contributed by atoms with E-state index in [2.05, 4.69) is 20.3 Å². The number of nitrogens with one attached hydrogen (secondary N) is 2. The fourth-order valence-corrected chi connectivity index (χ4v) is 2.86. The molecule has 3 aromatic rings. The molecule has 3 rings (SSSR count). The predicted molar refractivity (Wildman–Crippen MR) is 91.8 cm³/mol. The molecule has 1 aromatic carbocycles. The highest BCUT2D eigenvalue weighted by molar-refractivity contribution is 7.99. The predicted octanol–water partition coefficient (Wildman–Crippen LogP) is 3.59. The number of H-pyrrole nitrogens is 1. The topological polar surface area (TPSA) is 123 Å². The second kappa shape index (κ2) is 7.18. The minimum atomic E-state index is -0.595. The van der Waals surface area contributed by atoms with Gasteiger partial charge in [-0.1, -0.05) is 11.8 Å². The van der Waals surface area contributed by atoms with E-state index >= 15 is 0 Å². The van der Waals surface area contributed by atoms with Crippen molar-refractivity contribution in [3.8, 4) is 0 Å². The van der Waals surface area contributed by atoms with Crippen molar-refractivity contribution >= 4 is 40.7 Å². The van der Waals surface area contributed by atoms with Gasteiger partial charge in [-0.3, -0.25) is 15.4 Å². The summed E-state index contributed by atoms with van der Waals surface area (Å²) in [5, 5.41) is 13.2. The van der Waals surface area contributed by atoms with Crippen LogP contribution in [-0.4, -0.2) is 32.6 Å². The number of nitrogens with zero attached hydrogens (tertiary/aromatic N) is 3. The van der Waals surface area contributed by atoms with Gasteiger partial charge in [-0.05, 0) is 25.1 Å². The second-order valence-corrected chi connectivity index (χ2v) is 5.97. The van der Waals surface area contributed by atoms with Gasteiger partial charge in [0.15, 0.2) is 5.65 Å². The SMILES string of the molecule is CCOC(=O)Nc1nc2ncc(Sc3ccc([N+](=O)[O-])cc3)cc2[nH]1. The van der Waals surface area contributed by atoms with E-state index in [9.17, 15) is 14.9 Å². The molecule has 0 aliphatic heterocycles. The molecule has 25 heavy (non-hydrogen) atoms. The summed E-state index contributed by atoms with van der Waals surface area (Å²) in [5.74, 6) is 0.249. The molecule has 0 aliphatic rings. The summed E-state index contributed by atoms with van der Waals surface area (Å²) in [6.45, 7) is 1.97. The number of non-ortho nitro benzene ring substituents is 1. The molecule has 0 spiro atoms. The van der Waals surface area contributed by atoms with E-state index in [0.717, 1.165) is 9.79 Å². The van der Waals surface area contributed by atoms with Gasteiger partial charge in [0.25, 0.3) is 5.69 Å². The number of carbonyl (C=O) groups is 1. The maximum atomic E-state index is 11.4. The number of pyridine rings is 1. The van der Waals surface area contributed by atoms with Crippen molar-refractivity contribution in [3.63, 3.8) is 0 Å². The zero-order valence-electron chi connectivity index (χ0n) is 13.1. The first-order chi connectivity index (χ1) is 12.0. The van der Waals surface area contributed by atoms with Crippen molar-refractivity contribution in [2.24, 2.45) is 0 Å². The molecule has 2 N–H and O–H groups in total. The van der Waals surface area contributed by atoms with E-state index in [4.69, 9.17) is 4.74 Å². The van der Waals surface area contributed by atoms with Crippen LogP contribution in [0.5, 0.6) is 0 Å². The van der Waals surface area contributed by atoms with Gasteiger partial charge in [0.1, 0.15) is 0 Å². The van der Waals surface area contributed by atoms with Crippen molar-refractivity contribution in [1.82, 2.24) is 15.0 Å². The van der Waals surface area contributed by atoms with Gasteiger partial charge in [0, 0.05) is 28.1 Å². The highest BCUT2D eigenvalue weighted by Gasteiger charge is 2.10. The standard InChI is InChI=1S/C15H13N5O4S/c1-2-24-15(21)19-14-17-12-7-11(8-16-13(12)18-14)25-10-5-3-9(4-6-10)20(22)23/h3-8H,2H2,1H3,(H2,16,17,18,19,21). The number of hydrogen-bond acceptors (Lipinski definition) is 7. The Balaban J connectivity index is 1.76. The molecular weight excluding hydrogens is 346 g/mol. The number of aromatic nitrogens is 3. The van der Waals surface area contributed by atoms with E-state index in [1.807, 2.05) is 6.07 Å². The van der Waals surface area contributed by atoms with Crippen molar-refractivity contribution < 1.29 is 14.5 Å². The molecule has 0 radical (unpaired) electrons. The average Bonchev–Trinajstić information content (AvgIpc) is 2.97. The number of amides is 1. The van der Waals surface area contributed by atoms with E-state index in [-0.39, 0.29) is 18.2 Å². The summed E-state index contributed by atoms with van der Waals surface area (Å²) >= 11 is 1.41. The number of nitro groups is 1. The molecule has 0 fully saturated rings. The lowest BCUT2D eigenvalue weighted by Gasteiger charge is -2.01. The molecule has 9 nitrogen and oxygen atoms in total. The Morgan fingerprint density at radius 2 is 2.12 bits per heavy atom. The molecule has 0 aliphatic carbocycles. The lowest BCUT2D eigenvalue weighted by Crippen LogP contribution is -2.14. The van der Waals surface area contributed by atoms with E-state index < -0.39 is 11.0 Å². The minimum absolute atomic E-state index is 0.0428. The Kier molecular flexibility index (Phi) is 4.80. The summed E-state index contributed by atoms with van der Waals surface area (Å²) in [5.41, 5.74) is 1.15. The first-order valence-corrected chi connectivity index (χ1v) is 8.08. The van der Waals surface area contributed by atoms with Gasteiger partial charge in [-0.25, -0.2) is 9.78 Å². The lowest BCUT2D eigenvalue weighted by atomic mass is 10.3. The normalized spacial score (nSPS) is 10.6. The lowest BCUT2D eigenvalue weighted by molar-refractivity contribution is -0.384. The maximum absolute atomic E-state index is 11.4. The minimum Gasteiger partial charge on any atom is -0.450 e. The number of benzene rings is 1. The second-order valence-electron chi connectivity index (χ2n) is 4.83. The third kappa shape index (κ3) is 4.04. The summed E-state index contributed by atoms with van der Waals surface area (Å²) in [7, 11) is 0. The zero-order chi connectivity index (χ0) is 17.8. The molecule has 0 atom stereocenters. The summed E-state index contributed by atoms with van der Waals surface area (Å²) in [4.78, 5) is 34.6. The van der Waals surface area contributed by atoms with Crippen LogP contribution >= 0.6 is 11.8 Å². The van der Waals surface area contributed by atoms with Crippen molar-refractivity contribution in [1.29, 1.82) is 0 Å². The number of carbonyl (C=O) groups excluding carboxylic acids is 1. The van der Waals surface area contributed by atoms with Crippen LogP contribution in [0.2, 0.25) is 0 Å². The van der Waals surface area contributed by atoms with Crippen LogP contribution in [0, 0.1) is 10.1 Å². The number of ether oxygens (including phenoxy) is 1. The number of nitro benzene ring substituents is 1. The number of hydrogen-bond donors (Lipinski definition) is 2. The third-order valence-corrected chi connectivity index (χ3v) is 4.06. The molecule has 0 bridgehead atoms. The summed E-state index contributed by atoms with van der Waals surface area (Å²) in [6, 6.07) is 8.08. The molecule has 2 heterocycles. The zero-order valence-corrected chi connectivity index (χ0v) is 13.9. The Morgan fingerprint density at radius 3 is 2.80 bits per heavy atom. The van der Waals surface area contributed by atoms with Crippen LogP contribution < -0.4 is 5.32 Å². The number of aromatic amines is 1. The van der Waals surface area contributed by atoms with Crippen LogP contribution in [0.25, 0.3) is 11.2 Å². The smallest absolute Gasteiger partial charge is 0.413 e. The van der Waals surface area contributed by atoms with Crippen molar-refractivity contribution in [2.45, 2.75) is 16.7 Å². The molecule has 10 heteroatoms. The number of imidazole rings is 1. The highest BCUT2D eigenvalue weighted by atomic mass is 32.2. The number of rotatable bonds is 5. The monoisotopic (exact) mass is 359 g/mol. The fraction of sp³-hybridized carbons (Fsp3) is 0.133. The molecule has 2 aromatic heterocycles. The van der Waals surface area contributed by atoms with Crippen LogP contribution in [0.4, 0.5) is 16.4 Å². The molecule has 128 valence electrons. The molecule has 0 saturated heterocycles. The van der Waals surface area contributed by atoms with E-state index in [0.29, 0.717) is 11.2 Å². The average molecular weight is 359 g/mol. The molecule has 0 saturated carbocycles. The van der Waals surface area contributed by atoms with Crippen LogP contribution in [0.1, 0.15) is 6.92 Å². The van der Waals surface area contributed by atoms with Crippen molar-refractivity contribution in [2.75, 3.05) is 11.9 Å². The Labute approximate surface area is 146 Å². The third-order valence-electron chi connectivity index (χ3n) is 3.09. The Morgan fingerprint density at radius 1 is 1.36 bits per heavy atom. The van der Waals surface area contributed by atoms with Crippen molar-refractivity contribution in [3.05, 3.63) is 46.6 Å². The van der Waals surface area contributed by atoms with Gasteiger partial charge in [0.05, 0.1) is 17.0 Å². The van der Waals surface area contributed by atoms with Gasteiger partial charge >= 0.3 is 6.09 Å². The fourth-order valence-electron chi connectivity index (χ4n) is 2.03. The number of fused-ring (bicyclic) bond motifs is 1. The van der Waals surface area contributed by atoms with Crippen LogP contribution in [-0.2, 0) is 4.74 Å². The Hall–Kier alpha value is -3.14. The first kappa shape index (κ1) is 16.7. The van der Waals surface area contributed by atoms with Gasteiger partial charge in [0.2, 0.25) is 5.95 Å². The van der Waals surface area contributed by atoms with Gasteiger partial charge in [-0.2, -0.15) is 4.98 Å². The number of anilines is 1. The molecule has 1 amide bonds. The highest BCUT2D eigenvalue weighted by Crippen LogP contribution is 2.30. The quantitative estimate of drug-likeness (QED) is 0.527. The van der Waals surface area contributed by atoms with E-state index in [1.54, 1.807) is 25.3 Å². The Bertz CT molecular complexity index is 925. The van der Waals surface area contributed by atoms with Gasteiger partial charge < -0.3 is 9.72 Å². The largest absolute Gasteiger partial charge is 0.450 e. The molecular formula is C15H13N5O4S. The van der Waals surface area contributed by atoms with E-state index in [1.165, 1.54) is 23.9 Å². The summed E-state index contributed by atoms with van der Waals surface area (Å²) in [6.07, 6.45) is 1.05. The van der Waals surface area contributed by atoms with Crippen LogP contribution in [0.15, 0.2) is 46.3 Å². The molecule has 0 unspecified atom stereocenters. The summed E-state index contributed by atoms with van der Waals surface area (Å²) < 4.78 is 4.79.